The van der Waals surface area contributed by atoms with Crippen LogP contribution in [0.2, 0.25) is 0 Å². The van der Waals surface area contributed by atoms with E-state index in [9.17, 15) is 0 Å². The molecule has 0 fully saturated rings. The molecule has 2 heteroatoms. The third kappa shape index (κ3) is 3.36. The Morgan fingerprint density at radius 3 is 2.53 bits per heavy atom. The van der Waals surface area contributed by atoms with Gasteiger partial charge >= 0.3 is 0 Å². The maximum Gasteiger partial charge on any atom is 0.119 e. The van der Waals surface area contributed by atoms with Crippen LogP contribution in [0.4, 0.5) is 0 Å². The van der Waals surface area contributed by atoms with Crippen LogP contribution in [0.5, 0.6) is 5.75 Å². The highest BCUT2D eigenvalue weighted by Crippen LogP contribution is 2.21. The van der Waals surface area contributed by atoms with E-state index in [-0.39, 0.29) is 6.04 Å². The maximum absolute atomic E-state index is 6.30. The van der Waals surface area contributed by atoms with E-state index in [2.05, 4.69) is 38.1 Å². The second-order valence-electron chi connectivity index (χ2n) is 5.01. The summed E-state index contributed by atoms with van der Waals surface area (Å²) in [7, 11) is 1.68. The fourth-order valence-corrected chi connectivity index (χ4v) is 2.17. The highest BCUT2D eigenvalue weighted by Gasteiger charge is 2.08. The number of hydrogen-bond acceptors (Lipinski definition) is 2. The van der Waals surface area contributed by atoms with Crippen LogP contribution in [0, 0.1) is 13.8 Å². The molecule has 1 unspecified atom stereocenters. The SMILES string of the molecule is COc1cccc(CC(N)c2ccc(C)c(C)c2)c1. The average molecular weight is 255 g/mol. The molecule has 2 aromatic carbocycles. The highest BCUT2D eigenvalue weighted by atomic mass is 16.5. The number of ether oxygens (including phenoxy) is 1. The molecule has 2 rings (SSSR count). The molecule has 1 atom stereocenters. The van der Waals surface area contributed by atoms with Gasteiger partial charge in [-0.15, -0.1) is 0 Å². The van der Waals surface area contributed by atoms with Gasteiger partial charge in [0.25, 0.3) is 0 Å². The Labute approximate surface area is 115 Å². The lowest BCUT2D eigenvalue weighted by molar-refractivity contribution is 0.414. The number of aryl methyl sites for hydroxylation is 2. The Hall–Kier alpha value is -1.80. The summed E-state index contributed by atoms with van der Waals surface area (Å²) in [6, 6.07) is 14.5. The van der Waals surface area contributed by atoms with Crippen molar-refractivity contribution in [3.63, 3.8) is 0 Å². The minimum atomic E-state index is 0.0198. The van der Waals surface area contributed by atoms with Crippen molar-refractivity contribution in [1.29, 1.82) is 0 Å². The highest BCUT2D eigenvalue weighted by molar-refractivity contribution is 5.34. The van der Waals surface area contributed by atoms with Crippen molar-refractivity contribution in [3.8, 4) is 5.75 Å². The predicted octanol–water partition coefficient (Wildman–Crippen LogP) is 3.55. The molecule has 100 valence electrons. The van der Waals surface area contributed by atoms with Crippen LogP contribution in [0.3, 0.4) is 0 Å². The summed E-state index contributed by atoms with van der Waals surface area (Å²) in [4.78, 5) is 0. The molecule has 0 saturated carbocycles. The first kappa shape index (κ1) is 13.6. The van der Waals surface area contributed by atoms with Gasteiger partial charge in [-0.05, 0) is 54.7 Å². The van der Waals surface area contributed by atoms with Crippen molar-refractivity contribution in [3.05, 3.63) is 64.7 Å². The van der Waals surface area contributed by atoms with Crippen molar-refractivity contribution in [2.45, 2.75) is 26.3 Å². The lowest BCUT2D eigenvalue weighted by Crippen LogP contribution is -2.13. The normalized spacial score (nSPS) is 12.2. The molecular weight excluding hydrogens is 234 g/mol. The second kappa shape index (κ2) is 5.89. The minimum absolute atomic E-state index is 0.0198. The van der Waals surface area contributed by atoms with E-state index >= 15 is 0 Å². The van der Waals surface area contributed by atoms with Gasteiger partial charge in [-0.25, -0.2) is 0 Å². The molecule has 0 aromatic heterocycles. The lowest BCUT2D eigenvalue weighted by atomic mass is 9.96. The van der Waals surface area contributed by atoms with E-state index in [1.165, 1.54) is 22.3 Å². The van der Waals surface area contributed by atoms with Crippen molar-refractivity contribution >= 4 is 0 Å². The van der Waals surface area contributed by atoms with Gasteiger partial charge in [0.1, 0.15) is 5.75 Å². The predicted molar refractivity (Wildman–Crippen MR) is 79.5 cm³/mol. The minimum Gasteiger partial charge on any atom is -0.497 e. The zero-order valence-electron chi connectivity index (χ0n) is 11.8. The first-order valence-corrected chi connectivity index (χ1v) is 6.56. The van der Waals surface area contributed by atoms with Crippen LogP contribution in [0.15, 0.2) is 42.5 Å². The fraction of sp³-hybridized carbons (Fsp3) is 0.294. The molecule has 0 amide bonds. The van der Waals surface area contributed by atoms with Crippen LogP contribution in [-0.4, -0.2) is 7.11 Å². The smallest absolute Gasteiger partial charge is 0.119 e. The zero-order chi connectivity index (χ0) is 13.8. The van der Waals surface area contributed by atoms with Gasteiger partial charge in [-0.2, -0.15) is 0 Å². The molecule has 2 N–H and O–H groups in total. The van der Waals surface area contributed by atoms with E-state index in [1.54, 1.807) is 7.11 Å². The Balaban J connectivity index is 2.15. The molecule has 2 nitrogen and oxygen atoms in total. The van der Waals surface area contributed by atoms with Gasteiger partial charge in [0.15, 0.2) is 0 Å². The second-order valence-corrected chi connectivity index (χ2v) is 5.01. The molecule has 0 bridgehead atoms. The molecule has 0 saturated heterocycles. The third-order valence-electron chi connectivity index (χ3n) is 3.55. The Morgan fingerprint density at radius 1 is 1.05 bits per heavy atom. The molecule has 0 radical (unpaired) electrons. The Bertz CT molecular complexity index is 563. The summed E-state index contributed by atoms with van der Waals surface area (Å²) in [6.07, 6.45) is 0.819. The van der Waals surface area contributed by atoms with Gasteiger partial charge in [0.05, 0.1) is 7.11 Å². The topological polar surface area (TPSA) is 35.2 Å². The number of benzene rings is 2. The summed E-state index contributed by atoms with van der Waals surface area (Å²) in [6.45, 7) is 4.24. The lowest BCUT2D eigenvalue weighted by Gasteiger charge is -2.14. The maximum atomic E-state index is 6.30. The summed E-state index contributed by atoms with van der Waals surface area (Å²) >= 11 is 0. The molecule has 0 heterocycles. The van der Waals surface area contributed by atoms with Crippen LogP contribution >= 0.6 is 0 Å². The summed E-state index contributed by atoms with van der Waals surface area (Å²) in [5.74, 6) is 0.879. The van der Waals surface area contributed by atoms with E-state index in [0.29, 0.717) is 0 Å². The number of methoxy groups -OCH3 is 1. The van der Waals surface area contributed by atoms with Crippen LogP contribution in [-0.2, 0) is 6.42 Å². The summed E-state index contributed by atoms with van der Waals surface area (Å²) in [5, 5.41) is 0. The van der Waals surface area contributed by atoms with Gasteiger partial charge < -0.3 is 10.5 Å². The van der Waals surface area contributed by atoms with Gasteiger partial charge in [0, 0.05) is 6.04 Å². The quantitative estimate of drug-likeness (QED) is 0.906. The van der Waals surface area contributed by atoms with Crippen molar-refractivity contribution in [2.24, 2.45) is 5.73 Å². The summed E-state index contributed by atoms with van der Waals surface area (Å²) < 4.78 is 5.24. The number of rotatable bonds is 4. The molecular formula is C17H21NO. The molecule has 19 heavy (non-hydrogen) atoms. The van der Waals surface area contributed by atoms with Gasteiger partial charge in [-0.3, -0.25) is 0 Å². The van der Waals surface area contributed by atoms with Gasteiger partial charge in [0.2, 0.25) is 0 Å². The zero-order valence-corrected chi connectivity index (χ0v) is 11.8. The average Bonchev–Trinajstić information content (AvgIpc) is 2.42. The van der Waals surface area contributed by atoms with Crippen LogP contribution in [0.25, 0.3) is 0 Å². The van der Waals surface area contributed by atoms with E-state index in [0.717, 1.165) is 12.2 Å². The van der Waals surface area contributed by atoms with Crippen molar-refractivity contribution in [1.82, 2.24) is 0 Å². The van der Waals surface area contributed by atoms with E-state index < -0.39 is 0 Å². The van der Waals surface area contributed by atoms with Gasteiger partial charge in [-0.1, -0.05) is 30.3 Å². The Kier molecular flexibility index (Phi) is 4.23. The molecule has 0 aliphatic heterocycles. The van der Waals surface area contributed by atoms with Crippen LogP contribution in [0.1, 0.15) is 28.3 Å². The van der Waals surface area contributed by atoms with E-state index in [4.69, 9.17) is 10.5 Å². The Morgan fingerprint density at radius 2 is 1.84 bits per heavy atom. The van der Waals surface area contributed by atoms with Crippen molar-refractivity contribution in [2.75, 3.05) is 7.11 Å². The molecule has 0 spiro atoms. The number of nitrogens with two attached hydrogens (primary N) is 1. The monoisotopic (exact) mass is 255 g/mol. The molecule has 0 aliphatic rings. The van der Waals surface area contributed by atoms with E-state index in [1.807, 2.05) is 18.2 Å². The largest absolute Gasteiger partial charge is 0.497 e. The molecule has 2 aromatic rings. The molecule has 0 aliphatic carbocycles. The van der Waals surface area contributed by atoms with Crippen LogP contribution < -0.4 is 10.5 Å². The third-order valence-corrected chi connectivity index (χ3v) is 3.55. The first-order valence-electron chi connectivity index (χ1n) is 6.56. The standard InChI is InChI=1S/C17H21NO/c1-12-7-8-15(9-13(12)2)17(18)11-14-5-4-6-16(10-14)19-3/h4-10,17H,11,18H2,1-3H3. The summed E-state index contributed by atoms with van der Waals surface area (Å²) in [5.41, 5.74) is 11.3. The number of hydrogen-bond donors (Lipinski definition) is 1. The fourth-order valence-electron chi connectivity index (χ4n) is 2.17. The first-order chi connectivity index (χ1) is 9.10. The van der Waals surface area contributed by atoms with Crippen molar-refractivity contribution < 1.29 is 4.74 Å².